The average molecular weight is 557 g/mol. The zero-order chi connectivity index (χ0) is 27.6. The Hall–Kier alpha value is -3.72. The Morgan fingerprint density at radius 1 is 1.05 bits per heavy atom. The van der Waals surface area contributed by atoms with Gasteiger partial charge in [-0.15, -0.1) is 11.3 Å². The van der Waals surface area contributed by atoms with Crippen molar-refractivity contribution in [2.45, 2.75) is 19.2 Å². The number of nitrogens with one attached hydrogen (secondary N) is 1. The van der Waals surface area contributed by atoms with Crippen molar-refractivity contribution in [3.8, 4) is 17.2 Å². The molecule has 0 saturated carbocycles. The predicted octanol–water partition coefficient (Wildman–Crippen LogP) is 3.68. The number of ether oxygens (including phenoxy) is 4. The van der Waals surface area contributed by atoms with Crippen LogP contribution in [0, 0.1) is 17.5 Å². The number of carboxylic acid groups (broad SMARTS) is 1. The van der Waals surface area contributed by atoms with Crippen molar-refractivity contribution < 1.29 is 52.2 Å². The van der Waals surface area contributed by atoms with Gasteiger partial charge in [-0.25, -0.2) is 18.0 Å². The molecule has 0 saturated heterocycles. The molecule has 0 radical (unpaired) electrons. The third-order valence-corrected chi connectivity index (χ3v) is 6.66. The number of aromatic carboxylic acids is 1. The molecule has 2 unspecified atom stereocenters. The van der Waals surface area contributed by atoms with Crippen molar-refractivity contribution in [3.05, 3.63) is 63.1 Å². The summed E-state index contributed by atoms with van der Waals surface area (Å²) in [5.41, 5.74) is -0.545. The highest BCUT2D eigenvalue weighted by atomic mass is 32.1. The van der Waals surface area contributed by atoms with Gasteiger partial charge >= 0.3 is 5.97 Å². The number of methoxy groups -OCH3 is 2. The average Bonchev–Trinajstić information content (AvgIpc) is 3.31. The van der Waals surface area contributed by atoms with Gasteiger partial charge in [0.2, 0.25) is 6.35 Å². The lowest BCUT2D eigenvalue weighted by atomic mass is 10.1. The summed E-state index contributed by atoms with van der Waals surface area (Å²) in [5.74, 6) is -4.89. The van der Waals surface area contributed by atoms with E-state index in [1.807, 2.05) is 0 Å². The summed E-state index contributed by atoms with van der Waals surface area (Å²) in [4.78, 5) is 12.2. The predicted molar refractivity (Wildman–Crippen MR) is 129 cm³/mol. The number of aliphatic hydroxyl groups excluding tert-OH is 2. The van der Waals surface area contributed by atoms with Crippen molar-refractivity contribution in [2.75, 3.05) is 37.7 Å². The highest BCUT2D eigenvalue weighted by Gasteiger charge is 2.38. The number of thiophene rings is 1. The molecule has 3 aromatic rings. The van der Waals surface area contributed by atoms with Crippen molar-refractivity contribution in [1.29, 1.82) is 0 Å². The fraction of sp³-hybridized carbons (Fsp3) is 0.292. The Kier molecular flexibility index (Phi) is 8.16. The maximum atomic E-state index is 15.3. The lowest BCUT2D eigenvalue weighted by molar-refractivity contribution is 0.0675. The molecule has 10 nitrogen and oxygen atoms in total. The van der Waals surface area contributed by atoms with Gasteiger partial charge in [-0.1, -0.05) is 0 Å². The topological polar surface area (TPSA) is 130 Å². The summed E-state index contributed by atoms with van der Waals surface area (Å²) < 4.78 is 64.9. The smallest absolute Gasteiger partial charge is 0.346 e. The molecule has 1 aliphatic rings. The number of hydrogen-bond acceptors (Lipinski definition) is 10. The van der Waals surface area contributed by atoms with Crippen molar-refractivity contribution in [3.63, 3.8) is 0 Å². The lowest BCUT2D eigenvalue weighted by Gasteiger charge is -2.39. The third-order valence-electron chi connectivity index (χ3n) is 5.67. The summed E-state index contributed by atoms with van der Waals surface area (Å²) in [7, 11) is 2.70. The monoisotopic (exact) mass is 556 g/mol. The van der Waals surface area contributed by atoms with Crippen LogP contribution < -0.4 is 24.4 Å². The number of carbonyl (C=O) groups is 1. The minimum atomic E-state index is -1.76. The molecule has 38 heavy (non-hydrogen) atoms. The maximum absolute atomic E-state index is 15.3. The summed E-state index contributed by atoms with van der Waals surface area (Å²) >= 11 is 0.821. The third kappa shape index (κ3) is 5.15. The van der Waals surface area contributed by atoms with E-state index >= 15 is 4.39 Å². The quantitative estimate of drug-likeness (QED) is 0.275. The van der Waals surface area contributed by atoms with Gasteiger partial charge in [0.25, 0.3) is 0 Å². The zero-order valence-corrected chi connectivity index (χ0v) is 20.9. The normalized spacial score (nSPS) is 16.6. The fourth-order valence-corrected chi connectivity index (χ4v) is 4.75. The number of fused-ring (bicyclic) bond motifs is 1. The SMILES string of the molecule is COCCOc1cc(F)c(N2C(O)Nc3csc(C(=O)O)c3C2O)cc1OCc1c(OC)ccc(F)c1F. The van der Waals surface area contributed by atoms with Crippen LogP contribution >= 0.6 is 11.3 Å². The summed E-state index contributed by atoms with van der Waals surface area (Å²) in [6, 6.07) is 4.10. The number of aliphatic hydroxyl groups is 2. The van der Waals surface area contributed by atoms with Crippen LogP contribution in [0.5, 0.6) is 17.2 Å². The van der Waals surface area contributed by atoms with E-state index < -0.39 is 48.3 Å². The number of halogens is 3. The highest BCUT2D eigenvalue weighted by molar-refractivity contribution is 7.12. The van der Waals surface area contributed by atoms with Crippen LogP contribution in [-0.4, -0.2) is 55.1 Å². The van der Waals surface area contributed by atoms with Crippen LogP contribution in [0.4, 0.5) is 24.5 Å². The first-order chi connectivity index (χ1) is 18.2. The van der Waals surface area contributed by atoms with Gasteiger partial charge in [-0.05, 0) is 12.1 Å². The molecular formula is C24H23F3N2O8S. The van der Waals surface area contributed by atoms with Crippen LogP contribution in [0.15, 0.2) is 29.6 Å². The van der Waals surface area contributed by atoms with Crippen LogP contribution in [0.1, 0.15) is 27.0 Å². The number of hydrogen-bond donors (Lipinski definition) is 4. The maximum Gasteiger partial charge on any atom is 0.346 e. The number of nitrogens with zero attached hydrogens (tertiary/aromatic N) is 1. The van der Waals surface area contributed by atoms with Gasteiger partial charge in [-0.2, -0.15) is 0 Å². The van der Waals surface area contributed by atoms with Crippen LogP contribution in [0.25, 0.3) is 0 Å². The second-order valence-corrected chi connectivity index (χ2v) is 8.80. The molecule has 0 aliphatic carbocycles. The second-order valence-electron chi connectivity index (χ2n) is 7.92. The van der Waals surface area contributed by atoms with Crippen molar-refractivity contribution >= 4 is 28.7 Å². The lowest BCUT2D eigenvalue weighted by Crippen LogP contribution is -2.47. The van der Waals surface area contributed by atoms with Crippen LogP contribution in [0.2, 0.25) is 0 Å². The molecule has 0 amide bonds. The van der Waals surface area contributed by atoms with E-state index in [4.69, 9.17) is 18.9 Å². The Labute approximate surface area is 218 Å². The van der Waals surface area contributed by atoms with Gasteiger partial charge in [0.1, 0.15) is 23.8 Å². The minimum Gasteiger partial charge on any atom is -0.496 e. The fourth-order valence-electron chi connectivity index (χ4n) is 3.88. The molecule has 2 aromatic carbocycles. The van der Waals surface area contributed by atoms with E-state index in [1.165, 1.54) is 25.7 Å². The zero-order valence-electron chi connectivity index (χ0n) is 20.0. The van der Waals surface area contributed by atoms with Crippen LogP contribution in [0.3, 0.4) is 0 Å². The Bertz CT molecular complexity index is 1340. The van der Waals surface area contributed by atoms with Gasteiger partial charge < -0.3 is 39.6 Å². The largest absolute Gasteiger partial charge is 0.496 e. The standard InChI is InChI=1S/C24H23F3N2O8S/c1-34-5-6-36-17-7-13(26)15(8-18(17)37-9-11-16(35-2)4-3-12(25)20(11)27)29-22(30)19-14(28-24(29)33)10-38-21(19)23(31)32/h3-4,7-8,10,22,24,28,30,33H,5-6,9H2,1-2H3,(H,31,32). The van der Waals surface area contributed by atoms with Crippen LogP contribution in [-0.2, 0) is 11.3 Å². The number of rotatable bonds is 10. The van der Waals surface area contributed by atoms with Gasteiger partial charge in [0.05, 0.1) is 30.7 Å². The molecule has 4 rings (SSSR count). The van der Waals surface area contributed by atoms with E-state index in [2.05, 4.69) is 5.32 Å². The second kappa shape index (κ2) is 11.3. The highest BCUT2D eigenvalue weighted by Crippen LogP contribution is 2.44. The first kappa shape index (κ1) is 27.3. The Morgan fingerprint density at radius 2 is 1.79 bits per heavy atom. The van der Waals surface area contributed by atoms with Gasteiger partial charge in [0, 0.05) is 30.2 Å². The summed E-state index contributed by atoms with van der Waals surface area (Å²) in [6.07, 6.45) is -3.43. The summed E-state index contributed by atoms with van der Waals surface area (Å²) in [5, 5.41) is 35.1. The first-order valence-corrected chi connectivity index (χ1v) is 11.9. The Balaban J connectivity index is 1.74. The van der Waals surface area contributed by atoms with E-state index in [1.54, 1.807) is 0 Å². The van der Waals surface area contributed by atoms with E-state index in [0.29, 0.717) is 0 Å². The first-order valence-electron chi connectivity index (χ1n) is 11.0. The molecule has 14 heteroatoms. The van der Waals surface area contributed by atoms with Gasteiger partial charge in [0.15, 0.2) is 35.2 Å². The number of benzene rings is 2. The van der Waals surface area contributed by atoms with E-state index in [-0.39, 0.29) is 52.2 Å². The van der Waals surface area contributed by atoms with Gasteiger partial charge in [-0.3, -0.25) is 4.90 Å². The minimum absolute atomic E-state index is 0.00495. The van der Waals surface area contributed by atoms with E-state index in [0.717, 1.165) is 34.4 Å². The molecule has 2 atom stereocenters. The van der Waals surface area contributed by atoms with E-state index in [9.17, 15) is 28.9 Å². The number of anilines is 2. The van der Waals surface area contributed by atoms with Crippen molar-refractivity contribution in [2.24, 2.45) is 0 Å². The molecule has 0 fully saturated rings. The van der Waals surface area contributed by atoms with Crippen molar-refractivity contribution in [1.82, 2.24) is 0 Å². The Morgan fingerprint density at radius 3 is 2.47 bits per heavy atom. The molecule has 2 heterocycles. The molecule has 1 aliphatic heterocycles. The molecular weight excluding hydrogens is 533 g/mol. The molecule has 204 valence electrons. The molecule has 1 aromatic heterocycles. The molecule has 0 spiro atoms. The summed E-state index contributed by atoms with van der Waals surface area (Å²) in [6.45, 7) is -0.429. The molecule has 0 bridgehead atoms. The number of carboxylic acids is 1. The molecule has 4 N–H and O–H groups in total.